The summed E-state index contributed by atoms with van der Waals surface area (Å²) < 4.78 is 28.2. The van der Waals surface area contributed by atoms with Crippen molar-refractivity contribution in [3.8, 4) is 0 Å². The molecule has 2 aliphatic heterocycles. The van der Waals surface area contributed by atoms with Gasteiger partial charge in [-0.3, -0.25) is 9.59 Å². The van der Waals surface area contributed by atoms with E-state index >= 15 is 0 Å². The Balaban J connectivity index is 1.69. The number of anilines is 1. The Bertz CT molecular complexity index is 923. The summed E-state index contributed by atoms with van der Waals surface area (Å²) in [7, 11) is -3.17. The van der Waals surface area contributed by atoms with Gasteiger partial charge in [-0.05, 0) is 37.6 Å². The smallest absolute Gasteiger partial charge is 0.338 e. The molecular formula is C18H21N3O6S. The Morgan fingerprint density at radius 2 is 1.96 bits per heavy atom. The molecule has 0 aliphatic carbocycles. The maximum atomic E-state index is 12.5. The van der Waals surface area contributed by atoms with E-state index in [1.54, 1.807) is 19.1 Å². The monoisotopic (exact) mass is 407 g/mol. The highest BCUT2D eigenvalue weighted by atomic mass is 32.2. The number of esters is 1. The van der Waals surface area contributed by atoms with Crippen LogP contribution in [0.5, 0.6) is 0 Å². The number of hydrazone groups is 1. The van der Waals surface area contributed by atoms with Crippen molar-refractivity contribution < 1.29 is 27.5 Å². The number of nitrogens with zero attached hydrogens (tertiary/aromatic N) is 2. The summed E-state index contributed by atoms with van der Waals surface area (Å²) >= 11 is 0. The highest BCUT2D eigenvalue weighted by Gasteiger charge is 2.37. The van der Waals surface area contributed by atoms with Gasteiger partial charge in [0.25, 0.3) is 5.91 Å². The molecule has 1 saturated heterocycles. The zero-order valence-corrected chi connectivity index (χ0v) is 16.2. The summed E-state index contributed by atoms with van der Waals surface area (Å²) in [6.07, 6.45) is 0.605. The van der Waals surface area contributed by atoms with Gasteiger partial charge in [-0.1, -0.05) is 0 Å². The average Bonchev–Trinajstić information content (AvgIpc) is 3.02. The van der Waals surface area contributed by atoms with Gasteiger partial charge in [0.2, 0.25) is 5.91 Å². The Kier molecular flexibility index (Phi) is 5.78. The summed E-state index contributed by atoms with van der Waals surface area (Å²) in [6, 6.07) is 5.69. The van der Waals surface area contributed by atoms with E-state index < -0.39 is 27.8 Å². The van der Waals surface area contributed by atoms with Crippen molar-refractivity contribution in [2.75, 3.05) is 23.4 Å². The molecule has 1 N–H and O–H groups in total. The van der Waals surface area contributed by atoms with Crippen LogP contribution in [0.1, 0.15) is 36.5 Å². The standard InChI is InChI=1S/C18H21N3O6S/c1-2-27-18(24)12-3-5-13(6-4-12)19-17(23)15-7-8-16(22)21(20-15)14-9-10-28(25,26)11-14/h3-6,14H,2,7-11H2,1H3,(H,19,23)/t14-/m1/s1. The molecule has 2 aliphatic rings. The van der Waals surface area contributed by atoms with Gasteiger partial charge in [0.15, 0.2) is 9.84 Å². The number of hydrogen-bond donors (Lipinski definition) is 1. The fraction of sp³-hybridized carbons (Fsp3) is 0.444. The Morgan fingerprint density at radius 1 is 1.25 bits per heavy atom. The lowest BCUT2D eigenvalue weighted by Gasteiger charge is -2.27. The molecule has 0 saturated carbocycles. The third-order valence-electron chi connectivity index (χ3n) is 4.53. The van der Waals surface area contributed by atoms with Gasteiger partial charge in [0.1, 0.15) is 5.71 Å². The molecule has 0 radical (unpaired) electrons. The molecule has 10 heteroatoms. The predicted octanol–water partition coefficient (Wildman–Crippen LogP) is 0.967. The van der Waals surface area contributed by atoms with Gasteiger partial charge in [-0.2, -0.15) is 5.10 Å². The number of carbonyl (C=O) groups is 3. The molecule has 9 nitrogen and oxygen atoms in total. The largest absolute Gasteiger partial charge is 0.462 e. The second-order valence-electron chi connectivity index (χ2n) is 6.59. The summed E-state index contributed by atoms with van der Waals surface area (Å²) in [5.74, 6) is -1.31. The Labute approximate surface area is 162 Å². The summed E-state index contributed by atoms with van der Waals surface area (Å²) in [5, 5.41) is 7.95. The lowest BCUT2D eigenvalue weighted by atomic mass is 10.1. The molecule has 0 bridgehead atoms. The number of amides is 2. The SMILES string of the molecule is CCOC(=O)c1ccc(NC(=O)C2=NN([C@@H]3CCS(=O)(=O)C3)C(=O)CC2)cc1. The first-order valence-corrected chi connectivity index (χ1v) is 10.8. The maximum Gasteiger partial charge on any atom is 0.338 e. The lowest BCUT2D eigenvalue weighted by Crippen LogP contribution is -2.42. The topological polar surface area (TPSA) is 122 Å². The molecule has 28 heavy (non-hydrogen) atoms. The van der Waals surface area contributed by atoms with E-state index in [9.17, 15) is 22.8 Å². The molecule has 1 fully saturated rings. The summed E-state index contributed by atoms with van der Waals surface area (Å²) in [5.41, 5.74) is 1.00. The van der Waals surface area contributed by atoms with Crippen LogP contribution in [-0.2, 0) is 24.2 Å². The second-order valence-corrected chi connectivity index (χ2v) is 8.82. The molecule has 1 atom stereocenters. The van der Waals surface area contributed by atoms with Crippen LogP contribution in [0.2, 0.25) is 0 Å². The van der Waals surface area contributed by atoms with E-state index in [1.165, 1.54) is 12.1 Å². The van der Waals surface area contributed by atoms with Crippen LogP contribution >= 0.6 is 0 Å². The van der Waals surface area contributed by atoms with E-state index in [1.807, 2.05) is 0 Å². The summed E-state index contributed by atoms with van der Waals surface area (Å²) in [4.78, 5) is 36.3. The van der Waals surface area contributed by atoms with Crippen molar-refractivity contribution >= 4 is 39.0 Å². The van der Waals surface area contributed by atoms with Gasteiger partial charge in [0.05, 0.1) is 29.7 Å². The van der Waals surface area contributed by atoms with Crippen LogP contribution < -0.4 is 5.32 Å². The Hall–Kier alpha value is -2.75. The van der Waals surface area contributed by atoms with Gasteiger partial charge >= 0.3 is 5.97 Å². The Morgan fingerprint density at radius 3 is 2.57 bits per heavy atom. The van der Waals surface area contributed by atoms with Crippen molar-refractivity contribution in [3.05, 3.63) is 29.8 Å². The van der Waals surface area contributed by atoms with Crippen LogP contribution in [0.3, 0.4) is 0 Å². The highest BCUT2D eigenvalue weighted by Crippen LogP contribution is 2.22. The highest BCUT2D eigenvalue weighted by molar-refractivity contribution is 7.91. The minimum atomic E-state index is -3.17. The second kappa shape index (κ2) is 8.09. The molecular weight excluding hydrogens is 386 g/mol. The van der Waals surface area contributed by atoms with Crippen molar-refractivity contribution in [1.29, 1.82) is 0 Å². The van der Waals surface area contributed by atoms with E-state index in [0.717, 1.165) is 5.01 Å². The molecule has 150 valence electrons. The predicted molar refractivity (Wildman–Crippen MR) is 102 cm³/mol. The van der Waals surface area contributed by atoms with E-state index in [2.05, 4.69) is 10.4 Å². The van der Waals surface area contributed by atoms with Crippen LogP contribution in [0, 0.1) is 0 Å². The minimum Gasteiger partial charge on any atom is -0.462 e. The van der Waals surface area contributed by atoms with E-state index in [0.29, 0.717) is 17.7 Å². The van der Waals surface area contributed by atoms with Gasteiger partial charge in [-0.15, -0.1) is 0 Å². The van der Waals surface area contributed by atoms with Crippen LogP contribution in [0.25, 0.3) is 0 Å². The number of nitrogens with one attached hydrogen (secondary N) is 1. The molecule has 3 rings (SSSR count). The number of ether oxygens (including phenoxy) is 1. The zero-order chi connectivity index (χ0) is 20.3. The first-order valence-electron chi connectivity index (χ1n) is 8.97. The van der Waals surface area contributed by atoms with Crippen LogP contribution in [0.15, 0.2) is 29.4 Å². The third kappa shape index (κ3) is 4.56. The van der Waals surface area contributed by atoms with Crippen molar-refractivity contribution in [2.24, 2.45) is 5.10 Å². The summed E-state index contributed by atoms with van der Waals surface area (Å²) in [6.45, 7) is 1.99. The van der Waals surface area contributed by atoms with Crippen molar-refractivity contribution in [2.45, 2.75) is 32.2 Å². The normalized spacial score (nSPS) is 21.2. The van der Waals surface area contributed by atoms with Crippen molar-refractivity contribution in [3.63, 3.8) is 0 Å². The number of hydrogen-bond acceptors (Lipinski definition) is 7. The molecule has 0 spiro atoms. The van der Waals surface area contributed by atoms with Gasteiger partial charge in [-0.25, -0.2) is 18.2 Å². The number of benzene rings is 1. The van der Waals surface area contributed by atoms with Gasteiger partial charge < -0.3 is 10.1 Å². The fourth-order valence-corrected chi connectivity index (χ4v) is 4.79. The number of sulfone groups is 1. The third-order valence-corrected chi connectivity index (χ3v) is 6.28. The number of carbonyl (C=O) groups excluding carboxylic acids is 3. The molecule has 0 aromatic heterocycles. The molecule has 2 amide bonds. The van der Waals surface area contributed by atoms with Crippen molar-refractivity contribution in [1.82, 2.24) is 5.01 Å². The molecule has 1 aromatic carbocycles. The molecule has 1 aromatic rings. The average molecular weight is 407 g/mol. The van der Waals surface area contributed by atoms with Crippen LogP contribution in [0.4, 0.5) is 5.69 Å². The van der Waals surface area contributed by atoms with E-state index in [4.69, 9.17) is 4.74 Å². The lowest BCUT2D eigenvalue weighted by molar-refractivity contribution is -0.133. The molecule has 0 unspecified atom stereocenters. The molecule has 2 heterocycles. The maximum absolute atomic E-state index is 12.5. The van der Waals surface area contributed by atoms with Crippen LogP contribution in [-0.4, -0.2) is 61.1 Å². The quantitative estimate of drug-likeness (QED) is 0.726. The van der Waals surface area contributed by atoms with Gasteiger partial charge in [0, 0.05) is 18.5 Å². The fourth-order valence-electron chi connectivity index (χ4n) is 3.10. The number of rotatable bonds is 5. The first kappa shape index (κ1) is 20.0. The minimum absolute atomic E-state index is 0.0192. The first-order chi connectivity index (χ1) is 13.3. The zero-order valence-electron chi connectivity index (χ0n) is 15.4. The van der Waals surface area contributed by atoms with E-state index in [-0.39, 0.29) is 42.6 Å².